The van der Waals surface area contributed by atoms with Crippen LogP contribution in [0.15, 0.2) is 77.7 Å². The standard InChI is InChI=1S/C22H21N3O3S/c1-16-6-5-7-18(14-16)23-22(26)24-19-10-11-21-17(15-19)12-13-25(21)29(27,28)20-8-3-2-4-9-20/h2-11,14-15H,12-13H2,1H3,(H2,23,24,26). The minimum atomic E-state index is -3.60. The second kappa shape index (κ2) is 7.60. The van der Waals surface area contributed by atoms with Crippen molar-refractivity contribution < 1.29 is 13.2 Å². The van der Waals surface area contributed by atoms with E-state index < -0.39 is 10.0 Å². The van der Waals surface area contributed by atoms with Gasteiger partial charge in [0.25, 0.3) is 10.0 Å². The smallest absolute Gasteiger partial charge is 0.308 e. The van der Waals surface area contributed by atoms with Crippen LogP contribution >= 0.6 is 0 Å². The first-order valence-corrected chi connectivity index (χ1v) is 10.7. The molecular weight excluding hydrogens is 386 g/mol. The third-order valence-electron chi connectivity index (χ3n) is 4.80. The van der Waals surface area contributed by atoms with E-state index in [0.717, 1.165) is 11.1 Å². The van der Waals surface area contributed by atoms with Gasteiger partial charge in [0, 0.05) is 17.9 Å². The zero-order chi connectivity index (χ0) is 20.4. The first-order valence-electron chi connectivity index (χ1n) is 9.29. The molecular formula is C22H21N3O3S. The molecule has 1 aliphatic heterocycles. The number of aryl methyl sites for hydroxylation is 1. The van der Waals surface area contributed by atoms with Crippen molar-refractivity contribution in [3.05, 3.63) is 83.9 Å². The molecule has 1 aliphatic rings. The van der Waals surface area contributed by atoms with Gasteiger partial charge in [-0.1, -0.05) is 30.3 Å². The summed E-state index contributed by atoms with van der Waals surface area (Å²) in [5, 5.41) is 5.60. The summed E-state index contributed by atoms with van der Waals surface area (Å²) in [6.45, 7) is 2.34. The van der Waals surface area contributed by atoms with E-state index in [9.17, 15) is 13.2 Å². The number of carbonyl (C=O) groups excluding carboxylic acids is 1. The Balaban J connectivity index is 1.51. The van der Waals surface area contributed by atoms with Crippen LogP contribution in [0.2, 0.25) is 0 Å². The van der Waals surface area contributed by atoms with Crippen LogP contribution in [0.4, 0.5) is 21.9 Å². The number of anilines is 3. The summed E-state index contributed by atoms with van der Waals surface area (Å²) in [6.07, 6.45) is 0.594. The van der Waals surface area contributed by atoms with Gasteiger partial charge in [-0.3, -0.25) is 4.31 Å². The molecule has 0 radical (unpaired) electrons. The van der Waals surface area contributed by atoms with Gasteiger partial charge in [-0.15, -0.1) is 0 Å². The number of urea groups is 1. The van der Waals surface area contributed by atoms with Gasteiger partial charge in [-0.05, 0) is 66.9 Å². The molecule has 29 heavy (non-hydrogen) atoms. The molecule has 4 rings (SSSR count). The van der Waals surface area contributed by atoms with Crippen molar-refractivity contribution in [1.29, 1.82) is 0 Å². The monoisotopic (exact) mass is 407 g/mol. The Kier molecular flexibility index (Phi) is 4.98. The molecule has 6 nitrogen and oxygen atoms in total. The molecule has 2 amide bonds. The van der Waals surface area contributed by atoms with Gasteiger partial charge in [0.05, 0.1) is 10.6 Å². The van der Waals surface area contributed by atoms with Gasteiger partial charge in [0.2, 0.25) is 0 Å². The van der Waals surface area contributed by atoms with Crippen molar-refractivity contribution in [3.8, 4) is 0 Å². The highest BCUT2D eigenvalue weighted by Crippen LogP contribution is 2.34. The largest absolute Gasteiger partial charge is 0.323 e. The van der Waals surface area contributed by atoms with Gasteiger partial charge in [-0.25, -0.2) is 13.2 Å². The Morgan fingerprint density at radius 1 is 0.897 bits per heavy atom. The lowest BCUT2D eigenvalue weighted by Crippen LogP contribution is -2.29. The quantitative estimate of drug-likeness (QED) is 0.673. The Hall–Kier alpha value is -3.32. The second-order valence-corrected chi connectivity index (χ2v) is 8.79. The van der Waals surface area contributed by atoms with Gasteiger partial charge in [0.1, 0.15) is 0 Å². The Morgan fingerprint density at radius 3 is 2.34 bits per heavy atom. The molecule has 0 saturated heterocycles. The van der Waals surface area contributed by atoms with E-state index in [1.165, 1.54) is 4.31 Å². The molecule has 0 aromatic heterocycles. The predicted molar refractivity (Wildman–Crippen MR) is 115 cm³/mol. The van der Waals surface area contributed by atoms with E-state index >= 15 is 0 Å². The molecule has 0 aliphatic carbocycles. The van der Waals surface area contributed by atoms with Crippen LogP contribution in [0.1, 0.15) is 11.1 Å². The van der Waals surface area contributed by atoms with Gasteiger partial charge < -0.3 is 10.6 Å². The van der Waals surface area contributed by atoms with Crippen molar-refractivity contribution in [1.82, 2.24) is 0 Å². The third-order valence-corrected chi connectivity index (χ3v) is 6.62. The number of rotatable bonds is 4. The van der Waals surface area contributed by atoms with Gasteiger partial charge >= 0.3 is 6.03 Å². The van der Waals surface area contributed by atoms with Crippen molar-refractivity contribution >= 4 is 33.1 Å². The molecule has 0 bridgehead atoms. The zero-order valence-corrected chi connectivity index (χ0v) is 16.7. The Labute approximate surface area is 170 Å². The van der Waals surface area contributed by atoms with Crippen molar-refractivity contribution in [2.24, 2.45) is 0 Å². The van der Waals surface area contributed by atoms with Crippen LogP contribution in [-0.4, -0.2) is 21.0 Å². The summed E-state index contributed by atoms with van der Waals surface area (Å²) in [6, 6.07) is 20.9. The zero-order valence-electron chi connectivity index (χ0n) is 15.9. The van der Waals surface area contributed by atoms with Crippen molar-refractivity contribution in [3.63, 3.8) is 0 Å². The number of hydrogen-bond donors (Lipinski definition) is 2. The summed E-state index contributed by atoms with van der Waals surface area (Å²) in [5.41, 5.74) is 3.92. The van der Waals surface area contributed by atoms with Gasteiger partial charge in [0.15, 0.2) is 0 Å². The lowest BCUT2D eigenvalue weighted by molar-refractivity contribution is 0.262. The van der Waals surface area contributed by atoms with Crippen LogP contribution in [0.3, 0.4) is 0 Å². The minimum Gasteiger partial charge on any atom is -0.308 e. The SMILES string of the molecule is Cc1cccc(NC(=O)Nc2ccc3c(c2)CCN3S(=O)(=O)c2ccccc2)c1. The second-order valence-electron chi connectivity index (χ2n) is 6.93. The summed E-state index contributed by atoms with van der Waals surface area (Å²) in [5.74, 6) is 0. The van der Waals surface area contributed by atoms with Crippen molar-refractivity contribution in [2.45, 2.75) is 18.2 Å². The van der Waals surface area contributed by atoms with Gasteiger partial charge in [-0.2, -0.15) is 0 Å². The number of benzene rings is 3. The number of nitrogens with one attached hydrogen (secondary N) is 2. The summed E-state index contributed by atoms with van der Waals surface area (Å²) in [4.78, 5) is 12.5. The summed E-state index contributed by atoms with van der Waals surface area (Å²) in [7, 11) is -3.60. The van der Waals surface area contributed by atoms with E-state index in [4.69, 9.17) is 0 Å². The molecule has 3 aromatic rings. The number of nitrogens with zero attached hydrogens (tertiary/aromatic N) is 1. The number of amides is 2. The van der Waals surface area contributed by atoms with E-state index in [0.29, 0.717) is 30.0 Å². The molecule has 1 heterocycles. The van der Waals surface area contributed by atoms with Crippen LogP contribution in [0.25, 0.3) is 0 Å². The molecule has 7 heteroatoms. The molecule has 0 fully saturated rings. The fourth-order valence-electron chi connectivity index (χ4n) is 3.43. The van der Waals surface area contributed by atoms with Crippen LogP contribution in [0, 0.1) is 6.92 Å². The maximum absolute atomic E-state index is 12.9. The fourth-order valence-corrected chi connectivity index (χ4v) is 4.96. The maximum atomic E-state index is 12.9. The van der Waals surface area contributed by atoms with E-state index in [1.807, 2.05) is 37.3 Å². The van der Waals surface area contributed by atoms with E-state index in [2.05, 4.69) is 10.6 Å². The lowest BCUT2D eigenvalue weighted by Gasteiger charge is -2.19. The summed E-state index contributed by atoms with van der Waals surface area (Å²) >= 11 is 0. The Bertz CT molecular complexity index is 1160. The third kappa shape index (κ3) is 3.95. The Morgan fingerprint density at radius 2 is 1.62 bits per heavy atom. The fraction of sp³-hybridized carbons (Fsp3) is 0.136. The van der Waals surface area contributed by atoms with Crippen molar-refractivity contribution in [2.75, 3.05) is 21.5 Å². The average Bonchev–Trinajstić information content (AvgIpc) is 3.12. The number of sulfonamides is 1. The first-order chi connectivity index (χ1) is 13.9. The molecule has 0 spiro atoms. The first kappa shape index (κ1) is 19.0. The highest BCUT2D eigenvalue weighted by molar-refractivity contribution is 7.92. The highest BCUT2D eigenvalue weighted by atomic mass is 32.2. The lowest BCUT2D eigenvalue weighted by atomic mass is 10.1. The molecule has 0 atom stereocenters. The maximum Gasteiger partial charge on any atom is 0.323 e. The summed E-state index contributed by atoms with van der Waals surface area (Å²) < 4.78 is 27.3. The van der Waals surface area contributed by atoms with E-state index in [-0.39, 0.29) is 10.9 Å². The molecule has 148 valence electrons. The van der Waals surface area contributed by atoms with Crippen LogP contribution in [0.5, 0.6) is 0 Å². The molecule has 3 aromatic carbocycles. The number of fused-ring (bicyclic) bond motifs is 1. The van der Waals surface area contributed by atoms with Crippen LogP contribution < -0.4 is 14.9 Å². The molecule has 2 N–H and O–H groups in total. The topological polar surface area (TPSA) is 78.5 Å². The number of carbonyl (C=O) groups is 1. The minimum absolute atomic E-state index is 0.271. The van der Waals surface area contributed by atoms with E-state index in [1.54, 1.807) is 42.5 Å². The molecule has 0 unspecified atom stereocenters. The number of hydrogen-bond acceptors (Lipinski definition) is 3. The average molecular weight is 407 g/mol. The predicted octanol–water partition coefficient (Wildman–Crippen LogP) is 4.39. The van der Waals surface area contributed by atoms with Crippen LogP contribution in [-0.2, 0) is 16.4 Å². The normalized spacial score (nSPS) is 13.1. The molecule has 0 saturated carbocycles. The highest BCUT2D eigenvalue weighted by Gasteiger charge is 2.30.